The summed E-state index contributed by atoms with van der Waals surface area (Å²) >= 11 is 0. The maximum Gasteiger partial charge on any atom is 0.243 e. The Balaban J connectivity index is 2.47. The minimum atomic E-state index is -0.540. The summed E-state index contributed by atoms with van der Waals surface area (Å²) in [6.45, 7) is 12.2. The molecule has 0 bridgehead atoms. The summed E-state index contributed by atoms with van der Waals surface area (Å²) in [5.74, 6) is -0.246. The molecule has 2 amide bonds. The van der Waals surface area contributed by atoms with Crippen LogP contribution in [0.25, 0.3) is 0 Å². The van der Waals surface area contributed by atoms with Gasteiger partial charge in [0.05, 0.1) is 24.4 Å². The predicted octanol–water partition coefficient (Wildman–Crippen LogP) is 9.97. The van der Waals surface area contributed by atoms with E-state index < -0.39 is 36.5 Å². The number of hydrogen-bond donors (Lipinski definition) is 6. The molecule has 1 rings (SSSR count). The SMILES string of the molecule is CCCCCCCCCC[C@@H](O)CN(CCCC[C@@H]1NC(=O)[C@H](CCCCN(C[C@@H](O)CCCCCCCCCC)C[C@H](C)O)NC1=O)C[C@H](O)CCCCCCCCCC. The molecule has 0 unspecified atom stereocenters. The summed E-state index contributed by atoms with van der Waals surface area (Å²) in [6.07, 6.45) is 34.7. The molecule has 6 N–H and O–H groups in total. The van der Waals surface area contributed by atoms with E-state index in [0.717, 1.165) is 96.6 Å². The minimum Gasteiger partial charge on any atom is -0.392 e. The molecule has 362 valence electrons. The van der Waals surface area contributed by atoms with Crippen molar-refractivity contribution in [2.75, 3.05) is 39.3 Å². The second-order valence-corrected chi connectivity index (χ2v) is 19.2. The van der Waals surface area contributed by atoms with E-state index in [9.17, 15) is 30.0 Å². The second-order valence-electron chi connectivity index (χ2n) is 19.2. The quantitative estimate of drug-likeness (QED) is 0.0332. The molecule has 1 aliphatic heterocycles. The van der Waals surface area contributed by atoms with Crippen molar-refractivity contribution in [3.63, 3.8) is 0 Å². The number of carbonyl (C=O) groups excluding carboxylic acids is 2. The normalized spacial score (nSPS) is 17.8. The largest absolute Gasteiger partial charge is 0.392 e. The van der Waals surface area contributed by atoms with Gasteiger partial charge in [-0.15, -0.1) is 0 Å². The number of unbranched alkanes of at least 4 members (excludes halogenated alkanes) is 23. The number of aliphatic hydroxyl groups is 4. The third-order valence-electron chi connectivity index (χ3n) is 12.8. The van der Waals surface area contributed by atoms with Crippen LogP contribution in [-0.2, 0) is 9.59 Å². The fourth-order valence-electron chi connectivity index (χ4n) is 9.05. The number of nitrogens with zero attached hydrogens (tertiary/aromatic N) is 2. The Morgan fingerprint density at radius 2 is 0.689 bits per heavy atom. The van der Waals surface area contributed by atoms with Gasteiger partial charge in [-0.3, -0.25) is 19.4 Å². The topological polar surface area (TPSA) is 146 Å². The van der Waals surface area contributed by atoms with Gasteiger partial charge in [-0.1, -0.05) is 175 Å². The van der Waals surface area contributed by atoms with Crippen LogP contribution in [0.2, 0.25) is 0 Å². The molecule has 0 aliphatic carbocycles. The van der Waals surface area contributed by atoms with E-state index in [1.165, 1.54) is 116 Å². The smallest absolute Gasteiger partial charge is 0.243 e. The van der Waals surface area contributed by atoms with Gasteiger partial charge in [-0.25, -0.2) is 0 Å². The van der Waals surface area contributed by atoms with Crippen LogP contribution in [0, 0.1) is 0 Å². The van der Waals surface area contributed by atoms with Gasteiger partial charge in [-0.05, 0) is 77.8 Å². The van der Waals surface area contributed by atoms with Crippen molar-refractivity contribution in [1.82, 2.24) is 20.4 Å². The van der Waals surface area contributed by atoms with Crippen LogP contribution in [0.15, 0.2) is 0 Å². The van der Waals surface area contributed by atoms with E-state index in [4.69, 9.17) is 0 Å². The van der Waals surface area contributed by atoms with Crippen molar-refractivity contribution in [2.45, 2.75) is 276 Å². The fraction of sp³-hybridized carbons (Fsp3) is 0.961. The summed E-state index contributed by atoms with van der Waals surface area (Å²) < 4.78 is 0. The number of carbonyl (C=O) groups is 2. The highest BCUT2D eigenvalue weighted by Crippen LogP contribution is 2.17. The van der Waals surface area contributed by atoms with Crippen molar-refractivity contribution < 1.29 is 30.0 Å². The lowest BCUT2D eigenvalue weighted by molar-refractivity contribution is -0.137. The van der Waals surface area contributed by atoms with Crippen molar-refractivity contribution in [2.24, 2.45) is 0 Å². The van der Waals surface area contributed by atoms with Crippen molar-refractivity contribution in [3.05, 3.63) is 0 Å². The van der Waals surface area contributed by atoms with Gasteiger partial charge in [0, 0.05) is 26.2 Å². The zero-order valence-corrected chi connectivity index (χ0v) is 40.5. The number of nitrogens with one attached hydrogen (secondary N) is 2. The molecule has 1 fully saturated rings. The Hall–Kier alpha value is -1.30. The molecule has 0 aromatic rings. The molecule has 1 aliphatic rings. The Labute approximate surface area is 376 Å². The monoisotopic (exact) mass is 867 g/mol. The van der Waals surface area contributed by atoms with Gasteiger partial charge >= 0.3 is 0 Å². The molecule has 0 spiro atoms. The molecule has 0 radical (unpaired) electrons. The average molecular weight is 867 g/mol. The zero-order valence-electron chi connectivity index (χ0n) is 40.5. The van der Waals surface area contributed by atoms with Gasteiger partial charge in [0.1, 0.15) is 12.1 Å². The second kappa shape index (κ2) is 40.2. The summed E-state index contributed by atoms with van der Waals surface area (Å²) in [6, 6.07) is -1.08. The fourth-order valence-corrected chi connectivity index (χ4v) is 9.05. The summed E-state index contributed by atoms with van der Waals surface area (Å²) in [4.78, 5) is 30.5. The van der Waals surface area contributed by atoms with Gasteiger partial charge in [-0.2, -0.15) is 0 Å². The van der Waals surface area contributed by atoms with Crippen LogP contribution in [0.3, 0.4) is 0 Å². The van der Waals surface area contributed by atoms with Gasteiger partial charge in [0.2, 0.25) is 11.8 Å². The standard InChI is InChI=1S/C51H102N4O6/c1-5-8-11-14-17-20-23-26-33-45(57)41-54(40-44(4)56)38-31-29-36-48-50(60)53-49(51(61)52-48)37-30-32-39-55(42-46(58)34-27-24-21-18-15-12-9-6-2)43-47(59)35-28-25-22-19-16-13-10-7-3/h44-49,56-59H,5-43H2,1-4H3,(H,52,61)(H,53,60)/t44-,45-,46+,47+,48-,49-/m0/s1. The number of hydrogen-bond acceptors (Lipinski definition) is 8. The maximum absolute atomic E-state index is 13.1. The van der Waals surface area contributed by atoms with Gasteiger partial charge < -0.3 is 31.1 Å². The van der Waals surface area contributed by atoms with E-state index in [-0.39, 0.29) is 11.8 Å². The Morgan fingerprint density at radius 1 is 0.410 bits per heavy atom. The van der Waals surface area contributed by atoms with Crippen LogP contribution in [0.1, 0.15) is 240 Å². The highest BCUT2D eigenvalue weighted by Gasteiger charge is 2.33. The molecule has 0 saturated carbocycles. The minimum absolute atomic E-state index is 0.122. The molecule has 0 aromatic carbocycles. The van der Waals surface area contributed by atoms with Crippen molar-refractivity contribution in [1.29, 1.82) is 0 Å². The molecular formula is C51H102N4O6. The van der Waals surface area contributed by atoms with Crippen LogP contribution in [0.5, 0.6) is 0 Å². The first kappa shape index (κ1) is 57.7. The van der Waals surface area contributed by atoms with Crippen molar-refractivity contribution in [3.8, 4) is 0 Å². The maximum atomic E-state index is 13.1. The highest BCUT2D eigenvalue weighted by molar-refractivity contribution is 5.96. The van der Waals surface area contributed by atoms with E-state index in [1.807, 2.05) is 0 Å². The lowest BCUT2D eigenvalue weighted by Crippen LogP contribution is -2.61. The van der Waals surface area contributed by atoms with Crippen LogP contribution in [-0.4, -0.2) is 118 Å². The molecular weight excluding hydrogens is 765 g/mol. The third kappa shape index (κ3) is 33.8. The van der Waals surface area contributed by atoms with Crippen LogP contribution >= 0.6 is 0 Å². The first-order valence-corrected chi connectivity index (χ1v) is 26.4. The number of rotatable bonds is 45. The predicted molar refractivity (Wildman–Crippen MR) is 256 cm³/mol. The summed E-state index contributed by atoms with van der Waals surface area (Å²) in [7, 11) is 0. The molecule has 6 atom stereocenters. The Kier molecular flexibility index (Phi) is 38.1. The average Bonchev–Trinajstić information content (AvgIpc) is 3.22. The molecule has 0 aromatic heterocycles. The zero-order chi connectivity index (χ0) is 44.8. The summed E-state index contributed by atoms with van der Waals surface area (Å²) in [5.41, 5.74) is 0. The molecule has 1 heterocycles. The Bertz CT molecular complexity index is 976. The highest BCUT2D eigenvalue weighted by atomic mass is 16.3. The van der Waals surface area contributed by atoms with Gasteiger partial charge in [0.15, 0.2) is 0 Å². The van der Waals surface area contributed by atoms with E-state index in [1.54, 1.807) is 6.92 Å². The molecule has 10 nitrogen and oxygen atoms in total. The van der Waals surface area contributed by atoms with Crippen LogP contribution < -0.4 is 10.6 Å². The summed E-state index contributed by atoms with van der Waals surface area (Å²) in [5, 5.41) is 48.7. The number of piperazine rings is 1. The van der Waals surface area contributed by atoms with E-state index >= 15 is 0 Å². The Morgan fingerprint density at radius 3 is 0.984 bits per heavy atom. The van der Waals surface area contributed by atoms with Crippen molar-refractivity contribution >= 4 is 11.8 Å². The first-order chi connectivity index (χ1) is 29.6. The molecule has 1 saturated heterocycles. The van der Waals surface area contributed by atoms with E-state index in [0.29, 0.717) is 39.0 Å². The van der Waals surface area contributed by atoms with Crippen LogP contribution in [0.4, 0.5) is 0 Å². The van der Waals surface area contributed by atoms with Gasteiger partial charge in [0.25, 0.3) is 0 Å². The molecule has 10 heteroatoms. The molecule has 61 heavy (non-hydrogen) atoms. The van der Waals surface area contributed by atoms with E-state index in [2.05, 4.69) is 41.2 Å². The lowest BCUT2D eigenvalue weighted by Gasteiger charge is -2.31. The third-order valence-corrected chi connectivity index (χ3v) is 12.8. The number of amides is 2. The number of aliphatic hydroxyl groups excluding tert-OH is 4. The first-order valence-electron chi connectivity index (χ1n) is 26.4. The lowest BCUT2D eigenvalue weighted by atomic mass is 10.0.